The van der Waals surface area contributed by atoms with Crippen LogP contribution in [-0.4, -0.2) is 30.8 Å². The molecule has 22 heavy (non-hydrogen) atoms. The number of aliphatic hydroxyl groups is 1. The first kappa shape index (κ1) is 16.8. The number of ether oxygens (including phenoxy) is 1. The Hall–Kier alpha value is -1.55. The predicted molar refractivity (Wildman–Crippen MR) is 87.1 cm³/mol. The molecule has 0 saturated heterocycles. The normalized spacial score (nSPS) is 18.5. The van der Waals surface area contributed by atoms with Gasteiger partial charge in [0.1, 0.15) is 5.75 Å². The summed E-state index contributed by atoms with van der Waals surface area (Å²) < 4.78 is 5.22. The maximum Gasteiger partial charge on any atom is 0.230 e. The van der Waals surface area contributed by atoms with E-state index < -0.39 is 5.41 Å². The zero-order valence-corrected chi connectivity index (χ0v) is 13.6. The molecule has 2 rings (SSSR count). The van der Waals surface area contributed by atoms with Gasteiger partial charge in [0, 0.05) is 12.6 Å². The number of carbonyl (C=O) groups excluding carboxylic acids is 1. The summed E-state index contributed by atoms with van der Waals surface area (Å²) in [7, 11) is 1.65. The van der Waals surface area contributed by atoms with Gasteiger partial charge in [-0.3, -0.25) is 4.79 Å². The molecule has 122 valence electrons. The molecule has 0 aromatic heterocycles. The molecule has 1 saturated carbocycles. The van der Waals surface area contributed by atoms with Crippen molar-refractivity contribution in [3.05, 3.63) is 29.8 Å². The van der Waals surface area contributed by atoms with E-state index in [-0.39, 0.29) is 18.6 Å². The van der Waals surface area contributed by atoms with Gasteiger partial charge in [-0.25, -0.2) is 0 Å². The molecule has 0 aliphatic heterocycles. The van der Waals surface area contributed by atoms with E-state index >= 15 is 0 Å². The zero-order chi connectivity index (χ0) is 16.0. The second-order valence-corrected chi connectivity index (χ2v) is 6.26. The molecular weight excluding hydrogens is 278 g/mol. The number of aliphatic hydroxyl groups excluding tert-OH is 1. The standard InChI is InChI=1S/C18H27NO3/c1-14(10-13-20)19-17(21)18(11-4-3-5-12-18)15-6-8-16(22-2)9-7-15/h6-9,14,20H,3-5,10-13H2,1-2H3,(H,19,21)/t14-/m1/s1. The smallest absolute Gasteiger partial charge is 0.230 e. The summed E-state index contributed by atoms with van der Waals surface area (Å²) in [6.07, 6.45) is 5.71. The van der Waals surface area contributed by atoms with Crippen LogP contribution in [0.4, 0.5) is 0 Å². The van der Waals surface area contributed by atoms with Crippen molar-refractivity contribution in [2.24, 2.45) is 0 Å². The van der Waals surface area contributed by atoms with Crippen molar-refractivity contribution in [2.75, 3.05) is 13.7 Å². The van der Waals surface area contributed by atoms with Crippen LogP contribution in [0.2, 0.25) is 0 Å². The SMILES string of the molecule is COc1ccc(C2(C(=O)N[C@H](C)CCO)CCCCC2)cc1. The second-order valence-electron chi connectivity index (χ2n) is 6.26. The van der Waals surface area contributed by atoms with Gasteiger partial charge >= 0.3 is 0 Å². The Bertz CT molecular complexity index is 478. The molecule has 1 amide bonds. The minimum atomic E-state index is -0.436. The highest BCUT2D eigenvalue weighted by atomic mass is 16.5. The van der Waals surface area contributed by atoms with Crippen molar-refractivity contribution < 1.29 is 14.6 Å². The number of methoxy groups -OCH3 is 1. The monoisotopic (exact) mass is 305 g/mol. The van der Waals surface area contributed by atoms with E-state index in [9.17, 15) is 4.79 Å². The van der Waals surface area contributed by atoms with Gasteiger partial charge in [-0.1, -0.05) is 31.4 Å². The van der Waals surface area contributed by atoms with Crippen LogP contribution in [0.3, 0.4) is 0 Å². The lowest BCUT2D eigenvalue weighted by Gasteiger charge is -2.37. The van der Waals surface area contributed by atoms with E-state index in [1.807, 2.05) is 31.2 Å². The first-order valence-corrected chi connectivity index (χ1v) is 8.19. The summed E-state index contributed by atoms with van der Waals surface area (Å²) in [6, 6.07) is 7.88. The average molecular weight is 305 g/mol. The minimum Gasteiger partial charge on any atom is -0.497 e. The molecule has 0 radical (unpaired) electrons. The Morgan fingerprint density at radius 2 is 1.91 bits per heavy atom. The molecule has 0 heterocycles. The third-order valence-corrected chi connectivity index (χ3v) is 4.72. The first-order valence-electron chi connectivity index (χ1n) is 8.19. The fourth-order valence-electron chi connectivity index (χ4n) is 3.34. The molecule has 1 atom stereocenters. The zero-order valence-electron chi connectivity index (χ0n) is 13.6. The Balaban J connectivity index is 2.24. The maximum absolute atomic E-state index is 12.9. The fourth-order valence-corrected chi connectivity index (χ4v) is 3.34. The second kappa shape index (κ2) is 7.63. The van der Waals surface area contributed by atoms with Crippen LogP contribution in [-0.2, 0) is 10.2 Å². The maximum atomic E-state index is 12.9. The van der Waals surface area contributed by atoms with Crippen LogP contribution in [0.15, 0.2) is 24.3 Å². The summed E-state index contributed by atoms with van der Waals surface area (Å²) in [5.74, 6) is 0.905. The molecule has 1 fully saturated rings. The highest BCUT2D eigenvalue weighted by Crippen LogP contribution is 2.40. The highest BCUT2D eigenvalue weighted by Gasteiger charge is 2.41. The van der Waals surface area contributed by atoms with Crippen molar-refractivity contribution in [2.45, 2.75) is 56.9 Å². The highest BCUT2D eigenvalue weighted by molar-refractivity contribution is 5.88. The lowest BCUT2D eigenvalue weighted by Crippen LogP contribution is -2.48. The van der Waals surface area contributed by atoms with Crippen LogP contribution in [0.1, 0.15) is 51.0 Å². The third-order valence-electron chi connectivity index (χ3n) is 4.72. The lowest BCUT2D eigenvalue weighted by molar-refractivity contribution is -0.128. The Labute approximate surface area is 132 Å². The van der Waals surface area contributed by atoms with Gasteiger partial charge in [0.15, 0.2) is 0 Å². The molecule has 0 spiro atoms. The van der Waals surface area contributed by atoms with Crippen molar-refractivity contribution in [3.63, 3.8) is 0 Å². The van der Waals surface area contributed by atoms with Crippen molar-refractivity contribution in [1.82, 2.24) is 5.32 Å². The molecule has 1 aliphatic carbocycles. The van der Waals surface area contributed by atoms with E-state index in [2.05, 4.69) is 5.32 Å². The van der Waals surface area contributed by atoms with E-state index in [0.717, 1.165) is 37.0 Å². The molecule has 0 bridgehead atoms. The summed E-state index contributed by atoms with van der Waals surface area (Å²) in [4.78, 5) is 12.9. The number of benzene rings is 1. The van der Waals surface area contributed by atoms with E-state index in [4.69, 9.17) is 9.84 Å². The topological polar surface area (TPSA) is 58.6 Å². The molecule has 1 aromatic carbocycles. The van der Waals surface area contributed by atoms with E-state index in [1.54, 1.807) is 7.11 Å². The number of hydrogen-bond acceptors (Lipinski definition) is 3. The third kappa shape index (κ3) is 3.61. The number of carbonyl (C=O) groups is 1. The van der Waals surface area contributed by atoms with Crippen LogP contribution in [0.25, 0.3) is 0 Å². The van der Waals surface area contributed by atoms with Gasteiger partial charge in [0.25, 0.3) is 0 Å². The number of amides is 1. The summed E-state index contributed by atoms with van der Waals surface area (Å²) in [5.41, 5.74) is 0.635. The van der Waals surface area contributed by atoms with Gasteiger partial charge in [-0.2, -0.15) is 0 Å². The molecule has 4 heteroatoms. The van der Waals surface area contributed by atoms with Crippen LogP contribution < -0.4 is 10.1 Å². The van der Waals surface area contributed by atoms with Gasteiger partial charge in [0.2, 0.25) is 5.91 Å². The molecule has 1 aromatic rings. The summed E-state index contributed by atoms with van der Waals surface area (Å²) >= 11 is 0. The molecular formula is C18H27NO3. The average Bonchev–Trinajstić information content (AvgIpc) is 2.55. The Kier molecular flexibility index (Phi) is 5.83. The van der Waals surface area contributed by atoms with Crippen molar-refractivity contribution >= 4 is 5.91 Å². The molecule has 0 unspecified atom stereocenters. The minimum absolute atomic E-state index is 0.00505. The number of nitrogens with one attached hydrogen (secondary N) is 1. The Morgan fingerprint density at radius 1 is 1.27 bits per heavy atom. The number of rotatable bonds is 6. The van der Waals surface area contributed by atoms with Crippen LogP contribution in [0.5, 0.6) is 5.75 Å². The lowest BCUT2D eigenvalue weighted by atomic mass is 9.68. The quantitative estimate of drug-likeness (QED) is 0.849. The molecule has 4 nitrogen and oxygen atoms in total. The first-order chi connectivity index (χ1) is 10.6. The summed E-state index contributed by atoms with van der Waals surface area (Å²) in [6.45, 7) is 2.04. The van der Waals surface area contributed by atoms with Gasteiger partial charge in [-0.05, 0) is 43.9 Å². The largest absolute Gasteiger partial charge is 0.497 e. The van der Waals surface area contributed by atoms with E-state index in [0.29, 0.717) is 6.42 Å². The molecule has 2 N–H and O–H groups in total. The predicted octanol–water partition coefficient (Wildman–Crippen LogP) is 2.78. The number of hydrogen-bond donors (Lipinski definition) is 2. The van der Waals surface area contributed by atoms with Crippen LogP contribution >= 0.6 is 0 Å². The Morgan fingerprint density at radius 3 is 2.45 bits per heavy atom. The fraction of sp³-hybridized carbons (Fsp3) is 0.611. The van der Waals surface area contributed by atoms with Gasteiger partial charge in [-0.15, -0.1) is 0 Å². The van der Waals surface area contributed by atoms with Gasteiger partial charge in [0.05, 0.1) is 12.5 Å². The molecule has 1 aliphatic rings. The van der Waals surface area contributed by atoms with Crippen molar-refractivity contribution in [3.8, 4) is 5.75 Å². The summed E-state index contributed by atoms with van der Waals surface area (Å²) in [5, 5.41) is 12.1. The van der Waals surface area contributed by atoms with Gasteiger partial charge < -0.3 is 15.2 Å². The van der Waals surface area contributed by atoms with Crippen molar-refractivity contribution in [1.29, 1.82) is 0 Å². The van der Waals surface area contributed by atoms with E-state index in [1.165, 1.54) is 6.42 Å². The van der Waals surface area contributed by atoms with Crippen LogP contribution in [0, 0.1) is 0 Å².